The maximum absolute atomic E-state index is 11.6. The summed E-state index contributed by atoms with van der Waals surface area (Å²) < 4.78 is 5.04. The molecular formula is C13H18N2O2S. The third kappa shape index (κ3) is 4.71. The van der Waals surface area contributed by atoms with Crippen LogP contribution in [0.25, 0.3) is 0 Å². The number of carbonyl (C=O) groups is 1. The van der Waals surface area contributed by atoms with Crippen molar-refractivity contribution in [3.63, 3.8) is 0 Å². The van der Waals surface area contributed by atoms with E-state index < -0.39 is 0 Å². The average molecular weight is 266 g/mol. The van der Waals surface area contributed by atoms with Crippen molar-refractivity contribution in [3.8, 4) is 0 Å². The molecule has 0 spiro atoms. The van der Waals surface area contributed by atoms with Crippen molar-refractivity contribution in [3.05, 3.63) is 29.8 Å². The lowest BCUT2D eigenvalue weighted by molar-refractivity contribution is 0.0505. The molecule has 0 radical (unpaired) electrons. The second-order valence-electron chi connectivity index (χ2n) is 3.70. The van der Waals surface area contributed by atoms with E-state index in [9.17, 15) is 4.79 Å². The SMILES string of the molecule is CCCOC(=O)c1ccc(NC(=S)NCC)cc1. The van der Waals surface area contributed by atoms with Crippen molar-refractivity contribution in [2.24, 2.45) is 0 Å². The Kier molecular flexibility index (Phi) is 6.14. The molecule has 0 aliphatic heterocycles. The molecule has 0 heterocycles. The summed E-state index contributed by atoms with van der Waals surface area (Å²) in [5, 5.41) is 6.58. The number of anilines is 1. The predicted octanol–water partition coefficient (Wildman–Crippen LogP) is 2.56. The molecule has 0 saturated heterocycles. The van der Waals surface area contributed by atoms with Gasteiger partial charge in [-0.2, -0.15) is 0 Å². The number of ether oxygens (including phenoxy) is 1. The fourth-order valence-corrected chi connectivity index (χ4v) is 1.57. The molecule has 0 aliphatic rings. The summed E-state index contributed by atoms with van der Waals surface area (Å²) >= 11 is 5.06. The van der Waals surface area contributed by atoms with E-state index in [1.807, 2.05) is 13.8 Å². The van der Waals surface area contributed by atoms with E-state index in [1.54, 1.807) is 24.3 Å². The number of nitrogens with one attached hydrogen (secondary N) is 2. The molecule has 0 amide bonds. The summed E-state index contributed by atoms with van der Waals surface area (Å²) in [6.45, 7) is 5.15. The third-order valence-electron chi connectivity index (χ3n) is 2.15. The maximum atomic E-state index is 11.6. The van der Waals surface area contributed by atoms with Crippen molar-refractivity contribution < 1.29 is 9.53 Å². The van der Waals surface area contributed by atoms with E-state index in [0.29, 0.717) is 17.3 Å². The molecular weight excluding hydrogens is 248 g/mol. The van der Waals surface area contributed by atoms with Crippen LogP contribution in [-0.2, 0) is 4.74 Å². The van der Waals surface area contributed by atoms with E-state index in [2.05, 4.69) is 10.6 Å². The van der Waals surface area contributed by atoms with Gasteiger partial charge in [0.25, 0.3) is 0 Å². The Balaban J connectivity index is 2.57. The standard InChI is InChI=1S/C13H18N2O2S/c1-3-9-17-12(16)10-5-7-11(8-6-10)15-13(18)14-4-2/h5-8H,3-4,9H2,1-2H3,(H2,14,15,18). The van der Waals surface area contributed by atoms with Crippen LogP contribution in [0.1, 0.15) is 30.6 Å². The summed E-state index contributed by atoms with van der Waals surface area (Å²) in [6, 6.07) is 7.03. The van der Waals surface area contributed by atoms with Crippen LogP contribution >= 0.6 is 12.2 Å². The predicted molar refractivity (Wildman–Crippen MR) is 76.9 cm³/mol. The molecule has 1 aromatic rings. The molecule has 0 aromatic heterocycles. The van der Waals surface area contributed by atoms with Crippen LogP contribution in [-0.4, -0.2) is 24.2 Å². The number of carbonyl (C=O) groups excluding carboxylic acids is 1. The summed E-state index contributed by atoms with van der Waals surface area (Å²) in [6.07, 6.45) is 0.822. The molecule has 0 atom stereocenters. The van der Waals surface area contributed by atoms with Crippen molar-refractivity contribution in [2.45, 2.75) is 20.3 Å². The minimum atomic E-state index is -0.294. The van der Waals surface area contributed by atoms with Crippen LogP contribution in [0, 0.1) is 0 Å². The van der Waals surface area contributed by atoms with E-state index in [1.165, 1.54) is 0 Å². The highest BCUT2D eigenvalue weighted by atomic mass is 32.1. The number of esters is 1. The zero-order chi connectivity index (χ0) is 13.4. The molecule has 5 heteroatoms. The fraction of sp³-hybridized carbons (Fsp3) is 0.385. The maximum Gasteiger partial charge on any atom is 0.338 e. The third-order valence-corrected chi connectivity index (χ3v) is 2.40. The molecule has 18 heavy (non-hydrogen) atoms. The van der Waals surface area contributed by atoms with Gasteiger partial charge >= 0.3 is 5.97 Å². The highest BCUT2D eigenvalue weighted by Crippen LogP contribution is 2.10. The number of hydrogen-bond donors (Lipinski definition) is 2. The molecule has 98 valence electrons. The fourth-order valence-electron chi connectivity index (χ4n) is 1.30. The van der Waals surface area contributed by atoms with Gasteiger partial charge < -0.3 is 15.4 Å². The molecule has 0 bridgehead atoms. The molecule has 2 N–H and O–H groups in total. The van der Waals surface area contributed by atoms with Gasteiger partial charge in [-0.05, 0) is 49.8 Å². The molecule has 0 fully saturated rings. The van der Waals surface area contributed by atoms with Gasteiger partial charge in [0.2, 0.25) is 0 Å². The van der Waals surface area contributed by atoms with E-state index in [0.717, 1.165) is 18.7 Å². The van der Waals surface area contributed by atoms with Crippen molar-refractivity contribution in [1.29, 1.82) is 0 Å². The number of hydrogen-bond acceptors (Lipinski definition) is 3. The minimum Gasteiger partial charge on any atom is -0.462 e. The molecule has 4 nitrogen and oxygen atoms in total. The van der Waals surface area contributed by atoms with Gasteiger partial charge in [-0.1, -0.05) is 6.92 Å². The normalized spacial score (nSPS) is 9.67. The lowest BCUT2D eigenvalue weighted by Gasteiger charge is -2.09. The van der Waals surface area contributed by atoms with E-state index in [-0.39, 0.29) is 5.97 Å². The van der Waals surface area contributed by atoms with Crippen molar-refractivity contribution in [1.82, 2.24) is 5.32 Å². The first-order valence-corrected chi connectivity index (χ1v) is 6.40. The van der Waals surface area contributed by atoms with Gasteiger partial charge in [-0.3, -0.25) is 0 Å². The van der Waals surface area contributed by atoms with Crippen LogP contribution in [0.2, 0.25) is 0 Å². The van der Waals surface area contributed by atoms with Gasteiger partial charge in [0, 0.05) is 12.2 Å². The first-order chi connectivity index (χ1) is 8.67. The summed E-state index contributed by atoms with van der Waals surface area (Å²) in [7, 11) is 0. The highest BCUT2D eigenvalue weighted by molar-refractivity contribution is 7.80. The van der Waals surface area contributed by atoms with Gasteiger partial charge in [-0.25, -0.2) is 4.79 Å². The molecule has 1 aromatic carbocycles. The Morgan fingerprint density at radius 1 is 1.28 bits per heavy atom. The zero-order valence-electron chi connectivity index (χ0n) is 10.7. The second kappa shape index (κ2) is 7.66. The van der Waals surface area contributed by atoms with E-state index in [4.69, 9.17) is 17.0 Å². The van der Waals surface area contributed by atoms with Crippen molar-refractivity contribution in [2.75, 3.05) is 18.5 Å². The van der Waals surface area contributed by atoms with Crippen LogP contribution in [0.4, 0.5) is 5.69 Å². The number of rotatable bonds is 5. The number of benzene rings is 1. The Morgan fingerprint density at radius 3 is 2.50 bits per heavy atom. The average Bonchev–Trinajstić information content (AvgIpc) is 2.37. The summed E-state index contributed by atoms with van der Waals surface area (Å²) in [5.41, 5.74) is 1.39. The van der Waals surface area contributed by atoms with Gasteiger partial charge in [0.1, 0.15) is 0 Å². The molecule has 1 rings (SSSR count). The lowest BCUT2D eigenvalue weighted by Crippen LogP contribution is -2.27. The van der Waals surface area contributed by atoms with Crippen LogP contribution < -0.4 is 10.6 Å². The van der Waals surface area contributed by atoms with Gasteiger partial charge in [0.15, 0.2) is 5.11 Å². The Labute approximate surface area is 113 Å². The quantitative estimate of drug-likeness (QED) is 0.633. The summed E-state index contributed by atoms with van der Waals surface area (Å²) in [4.78, 5) is 11.6. The molecule has 0 saturated carbocycles. The Bertz CT molecular complexity index is 404. The van der Waals surface area contributed by atoms with Gasteiger partial charge in [0.05, 0.1) is 12.2 Å². The van der Waals surface area contributed by atoms with Crippen LogP contribution in [0.3, 0.4) is 0 Å². The lowest BCUT2D eigenvalue weighted by atomic mass is 10.2. The van der Waals surface area contributed by atoms with Crippen LogP contribution in [0.5, 0.6) is 0 Å². The molecule has 0 unspecified atom stereocenters. The topological polar surface area (TPSA) is 50.4 Å². The monoisotopic (exact) mass is 266 g/mol. The Morgan fingerprint density at radius 2 is 1.94 bits per heavy atom. The zero-order valence-corrected chi connectivity index (χ0v) is 11.5. The highest BCUT2D eigenvalue weighted by Gasteiger charge is 2.06. The molecule has 0 aliphatic carbocycles. The second-order valence-corrected chi connectivity index (χ2v) is 4.11. The smallest absolute Gasteiger partial charge is 0.338 e. The Hall–Kier alpha value is -1.62. The van der Waals surface area contributed by atoms with E-state index >= 15 is 0 Å². The summed E-state index contributed by atoms with van der Waals surface area (Å²) in [5.74, 6) is -0.294. The largest absolute Gasteiger partial charge is 0.462 e. The number of thiocarbonyl (C=S) groups is 1. The first kappa shape index (κ1) is 14.4. The first-order valence-electron chi connectivity index (χ1n) is 5.99. The van der Waals surface area contributed by atoms with Gasteiger partial charge in [-0.15, -0.1) is 0 Å². The van der Waals surface area contributed by atoms with Crippen LogP contribution in [0.15, 0.2) is 24.3 Å². The van der Waals surface area contributed by atoms with Crippen molar-refractivity contribution >= 4 is 29.0 Å². The minimum absolute atomic E-state index is 0.294.